The average Bonchev–Trinajstić information content (AvgIpc) is 4.06. The summed E-state index contributed by atoms with van der Waals surface area (Å²) < 4.78 is 8.90. The van der Waals surface area contributed by atoms with Crippen LogP contribution in [0.25, 0.3) is 116 Å². The lowest BCUT2D eigenvalue weighted by molar-refractivity contribution is 0.670. The largest absolute Gasteiger partial charge is 0.455 e. The molecule has 75 heavy (non-hydrogen) atoms. The molecule has 2 heterocycles. The summed E-state index contributed by atoms with van der Waals surface area (Å²) in [6.45, 7) is 0. The average molecular weight is 957 g/mol. The van der Waals surface area contributed by atoms with Crippen molar-refractivity contribution in [3.63, 3.8) is 0 Å². The van der Waals surface area contributed by atoms with Gasteiger partial charge >= 0.3 is 0 Å². The van der Waals surface area contributed by atoms with Crippen molar-refractivity contribution in [1.29, 1.82) is 0 Å². The van der Waals surface area contributed by atoms with Crippen molar-refractivity contribution >= 4 is 60.8 Å². The van der Waals surface area contributed by atoms with Crippen LogP contribution in [0.15, 0.2) is 296 Å². The molecule has 0 radical (unpaired) electrons. The predicted molar refractivity (Wildman–Crippen MR) is 315 cm³/mol. The SMILES string of the molecule is c1ccc(-c2ccc(-c3ccccc3N(c3ccc(-c4cccc(-c5cccc6c5oc5ccccc56)c4)cc3)c3ccc(-c4ccccc4-c4ccccc4-n4c5ccccc5c5ccccc54)cc3)cc2)cc1. The second-order valence-corrected chi connectivity index (χ2v) is 19.2. The van der Waals surface area contributed by atoms with Gasteiger partial charge < -0.3 is 13.9 Å². The van der Waals surface area contributed by atoms with E-state index >= 15 is 0 Å². The first-order chi connectivity index (χ1) is 37.2. The lowest BCUT2D eigenvalue weighted by Crippen LogP contribution is -2.11. The van der Waals surface area contributed by atoms with Crippen LogP contribution in [0.3, 0.4) is 0 Å². The molecule has 352 valence electrons. The van der Waals surface area contributed by atoms with Crippen molar-refractivity contribution in [3.8, 4) is 72.4 Å². The fraction of sp³-hybridized carbons (Fsp3) is 0. The number of benzene rings is 12. The molecule has 0 bridgehead atoms. The molecule has 14 rings (SSSR count). The van der Waals surface area contributed by atoms with Crippen LogP contribution < -0.4 is 4.90 Å². The second-order valence-electron chi connectivity index (χ2n) is 19.2. The summed E-state index contributed by atoms with van der Waals surface area (Å²) in [5, 5.41) is 4.76. The lowest BCUT2D eigenvalue weighted by Gasteiger charge is -2.28. The Balaban J connectivity index is 0.859. The number of hydrogen-bond acceptors (Lipinski definition) is 2. The molecular weight excluding hydrogens is 909 g/mol. The minimum atomic E-state index is 0.902. The molecule has 0 aliphatic heterocycles. The van der Waals surface area contributed by atoms with Gasteiger partial charge in [0.05, 0.1) is 22.4 Å². The van der Waals surface area contributed by atoms with E-state index in [1.54, 1.807) is 0 Å². The Labute approximate surface area is 436 Å². The third-order valence-corrected chi connectivity index (χ3v) is 14.9. The molecule has 0 spiro atoms. The molecule has 0 unspecified atom stereocenters. The zero-order chi connectivity index (χ0) is 49.7. The van der Waals surface area contributed by atoms with Crippen LogP contribution in [0.4, 0.5) is 17.1 Å². The van der Waals surface area contributed by atoms with Gasteiger partial charge in [-0.05, 0) is 111 Å². The molecule has 0 saturated carbocycles. The maximum atomic E-state index is 6.47. The van der Waals surface area contributed by atoms with Crippen LogP contribution in [-0.2, 0) is 0 Å². The van der Waals surface area contributed by atoms with Crippen LogP contribution >= 0.6 is 0 Å². The van der Waals surface area contributed by atoms with E-state index in [1.807, 2.05) is 12.1 Å². The Kier molecular flexibility index (Phi) is 10.8. The molecule has 0 atom stereocenters. The van der Waals surface area contributed by atoms with E-state index in [1.165, 1.54) is 49.6 Å². The van der Waals surface area contributed by atoms with Crippen LogP contribution in [0.2, 0.25) is 0 Å². The Morgan fingerprint density at radius 2 is 0.720 bits per heavy atom. The van der Waals surface area contributed by atoms with Crippen LogP contribution in [0.5, 0.6) is 0 Å². The Morgan fingerprint density at radius 3 is 1.45 bits per heavy atom. The normalized spacial score (nSPS) is 11.5. The lowest BCUT2D eigenvalue weighted by atomic mass is 9.93. The number of furan rings is 1. The number of rotatable bonds is 10. The molecular formula is C72H48N2O. The molecule has 3 heteroatoms. The zero-order valence-corrected chi connectivity index (χ0v) is 41.0. The number of hydrogen-bond donors (Lipinski definition) is 0. The molecule has 0 aliphatic rings. The number of para-hydroxylation sites is 6. The Morgan fingerprint density at radius 1 is 0.267 bits per heavy atom. The summed E-state index contributed by atoms with van der Waals surface area (Å²) in [4.78, 5) is 2.40. The van der Waals surface area contributed by atoms with E-state index in [0.29, 0.717) is 0 Å². The van der Waals surface area contributed by atoms with Crippen molar-refractivity contribution in [2.24, 2.45) is 0 Å². The summed E-state index contributed by atoms with van der Waals surface area (Å²) in [6, 6.07) is 105. The highest BCUT2D eigenvalue weighted by molar-refractivity contribution is 6.11. The first-order valence-corrected chi connectivity index (χ1v) is 25.7. The number of nitrogens with zero attached hydrogens (tertiary/aromatic N) is 2. The van der Waals surface area contributed by atoms with E-state index < -0.39 is 0 Å². The van der Waals surface area contributed by atoms with Gasteiger partial charge in [0.15, 0.2) is 0 Å². The molecule has 14 aromatic rings. The van der Waals surface area contributed by atoms with Gasteiger partial charge in [0.2, 0.25) is 0 Å². The Bertz CT molecular complexity index is 4340. The first-order valence-electron chi connectivity index (χ1n) is 25.7. The fourth-order valence-electron chi connectivity index (χ4n) is 11.3. The van der Waals surface area contributed by atoms with Crippen LogP contribution in [0, 0.1) is 0 Å². The fourth-order valence-corrected chi connectivity index (χ4v) is 11.3. The van der Waals surface area contributed by atoms with Gasteiger partial charge in [0, 0.05) is 49.6 Å². The number of fused-ring (bicyclic) bond motifs is 6. The first kappa shape index (κ1) is 43.8. The van der Waals surface area contributed by atoms with Crippen LogP contribution in [0.1, 0.15) is 0 Å². The monoisotopic (exact) mass is 956 g/mol. The molecule has 0 fully saturated rings. The zero-order valence-electron chi connectivity index (χ0n) is 41.0. The highest BCUT2D eigenvalue weighted by Crippen LogP contribution is 2.45. The molecule has 0 N–H and O–H groups in total. The van der Waals surface area contributed by atoms with E-state index in [2.05, 4.69) is 289 Å². The molecule has 12 aromatic carbocycles. The summed E-state index contributed by atoms with van der Waals surface area (Å²) in [7, 11) is 0. The minimum Gasteiger partial charge on any atom is -0.455 e. The van der Waals surface area contributed by atoms with E-state index in [9.17, 15) is 0 Å². The van der Waals surface area contributed by atoms with Crippen LogP contribution in [-0.4, -0.2) is 4.57 Å². The van der Waals surface area contributed by atoms with Gasteiger partial charge in [-0.15, -0.1) is 0 Å². The third-order valence-electron chi connectivity index (χ3n) is 14.9. The van der Waals surface area contributed by atoms with Gasteiger partial charge in [0.25, 0.3) is 0 Å². The molecule has 2 aromatic heterocycles. The van der Waals surface area contributed by atoms with Gasteiger partial charge in [-0.25, -0.2) is 0 Å². The summed E-state index contributed by atoms with van der Waals surface area (Å²) in [6.07, 6.45) is 0. The molecule has 0 aliphatic carbocycles. The van der Waals surface area contributed by atoms with Crippen molar-refractivity contribution < 1.29 is 4.42 Å². The molecule has 0 saturated heterocycles. The minimum absolute atomic E-state index is 0.902. The summed E-state index contributed by atoms with van der Waals surface area (Å²) in [5.74, 6) is 0. The second kappa shape index (κ2) is 18.6. The van der Waals surface area contributed by atoms with Gasteiger partial charge in [-0.3, -0.25) is 0 Å². The third kappa shape index (κ3) is 7.78. The smallest absolute Gasteiger partial charge is 0.143 e. The van der Waals surface area contributed by atoms with Crippen molar-refractivity contribution in [2.45, 2.75) is 0 Å². The number of aromatic nitrogens is 1. The summed E-state index contributed by atoms with van der Waals surface area (Å²) >= 11 is 0. The highest BCUT2D eigenvalue weighted by atomic mass is 16.3. The van der Waals surface area contributed by atoms with Gasteiger partial charge in [-0.2, -0.15) is 0 Å². The highest BCUT2D eigenvalue weighted by Gasteiger charge is 2.21. The topological polar surface area (TPSA) is 21.3 Å². The van der Waals surface area contributed by atoms with Crippen molar-refractivity contribution in [3.05, 3.63) is 291 Å². The standard InChI is InChI=1S/C72H48N2O/c1-2-18-49(19-3-1)50-36-38-53(39-37-50)59-23-6-11-31-67(59)73(56-44-40-51(41-45-56)54-20-16-21-55(48-54)60-29-17-30-66-65-28-10-15-35-71(65)75-72(60)66)57-46-42-52(43-47-57)58-22-4-5-24-61(58)62-25-7-12-32-68(62)74-69-33-13-8-26-63(69)64-27-9-14-34-70(64)74/h1-48H. The maximum absolute atomic E-state index is 6.47. The number of anilines is 3. The van der Waals surface area contributed by atoms with E-state index in [-0.39, 0.29) is 0 Å². The van der Waals surface area contributed by atoms with Crippen molar-refractivity contribution in [2.75, 3.05) is 4.90 Å². The van der Waals surface area contributed by atoms with Gasteiger partial charge in [0.1, 0.15) is 11.2 Å². The van der Waals surface area contributed by atoms with Gasteiger partial charge in [-0.1, -0.05) is 231 Å². The quantitative estimate of drug-likeness (QED) is 0.136. The molecule has 3 nitrogen and oxygen atoms in total. The van der Waals surface area contributed by atoms with E-state index in [0.717, 1.165) is 83.6 Å². The maximum Gasteiger partial charge on any atom is 0.143 e. The molecule has 0 amide bonds. The van der Waals surface area contributed by atoms with Crippen molar-refractivity contribution in [1.82, 2.24) is 4.57 Å². The predicted octanol–water partition coefficient (Wildman–Crippen LogP) is 20.2. The Hall–Kier alpha value is -9.96. The van der Waals surface area contributed by atoms with E-state index in [4.69, 9.17) is 4.42 Å². The summed E-state index contributed by atoms with van der Waals surface area (Å²) in [5.41, 5.74) is 22.4.